The molecule has 0 spiro atoms. The summed E-state index contributed by atoms with van der Waals surface area (Å²) < 4.78 is 0. The molecule has 0 radical (unpaired) electrons. The monoisotopic (exact) mass is 200 g/mol. The summed E-state index contributed by atoms with van der Waals surface area (Å²) in [4.78, 5) is 12.4. The first-order chi connectivity index (χ1) is 5.79. The molecule has 0 aliphatic rings. The summed E-state index contributed by atoms with van der Waals surface area (Å²) in [5, 5.41) is 1.99. The van der Waals surface area contributed by atoms with Gasteiger partial charge in [-0.15, -0.1) is 11.3 Å². The summed E-state index contributed by atoms with van der Waals surface area (Å²) in [5.41, 5.74) is 1.19. The van der Waals surface area contributed by atoms with Crippen LogP contribution in [0.3, 0.4) is 0 Å². The molecule has 0 aliphatic heterocycles. The van der Waals surface area contributed by atoms with Crippen LogP contribution in [0.4, 0.5) is 0 Å². The van der Waals surface area contributed by atoms with E-state index in [9.17, 15) is 4.79 Å². The lowest BCUT2D eigenvalue weighted by Gasteiger charge is -1.97. The number of thioether (sulfide) groups is 1. The van der Waals surface area contributed by atoms with Gasteiger partial charge in [-0.05, 0) is 29.7 Å². The van der Waals surface area contributed by atoms with E-state index in [1.165, 1.54) is 5.56 Å². The van der Waals surface area contributed by atoms with Crippen molar-refractivity contribution in [1.29, 1.82) is 0 Å². The summed E-state index contributed by atoms with van der Waals surface area (Å²) in [6, 6.07) is 2.04. The third-order valence-corrected chi connectivity index (χ3v) is 3.20. The lowest BCUT2D eigenvalue weighted by atomic mass is 10.2. The maximum Gasteiger partial charge on any atom is 0.182 e. The molecule has 0 amide bonds. The third kappa shape index (κ3) is 2.11. The van der Waals surface area contributed by atoms with Crippen molar-refractivity contribution >= 4 is 28.9 Å². The molecule has 1 aromatic rings. The van der Waals surface area contributed by atoms with Crippen LogP contribution in [0, 0.1) is 0 Å². The standard InChI is InChI=1S/C9H12OS2/c1-3-7-4-5-12-9(7)8(10)6-11-2/h4-5H,3,6H2,1-2H3. The first-order valence-corrected chi connectivity index (χ1v) is 6.15. The van der Waals surface area contributed by atoms with Gasteiger partial charge < -0.3 is 0 Å². The fraction of sp³-hybridized carbons (Fsp3) is 0.444. The van der Waals surface area contributed by atoms with Gasteiger partial charge in [-0.3, -0.25) is 4.79 Å². The smallest absolute Gasteiger partial charge is 0.182 e. The second-order valence-corrected chi connectivity index (χ2v) is 4.27. The summed E-state index contributed by atoms with van der Waals surface area (Å²) in [6.07, 6.45) is 2.91. The highest BCUT2D eigenvalue weighted by Crippen LogP contribution is 2.19. The highest BCUT2D eigenvalue weighted by atomic mass is 32.2. The predicted molar refractivity (Wildman–Crippen MR) is 56.4 cm³/mol. The Balaban J connectivity index is 2.79. The average molecular weight is 200 g/mol. The molecule has 66 valence electrons. The number of carbonyl (C=O) groups excluding carboxylic acids is 1. The lowest BCUT2D eigenvalue weighted by Crippen LogP contribution is -2.01. The average Bonchev–Trinajstić information content (AvgIpc) is 2.51. The molecule has 1 heterocycles. The van der Waals surface area contributed by atoms with Crippen molar-refractivity contribution in [2.24, 2.45) is 0 Å². The number of ketones is 1. The molecular formula is C9H12OS2. The Morgan fingerprint density at radius 3 is 3.00 bits per heavy atom. The van der Waals surface area contributed by atoms with Crippen LogP contribution in [-0.2, 0) is 6.42 Å². The van der Waals surface area contributed by atoms with Gasteiger partial charge >= 0.3 is 0 Å². The van der Waals surface area contributed by atoms with Crippen LogP contribution >= 0.6 is 23.1 Å². The maximum absolute atomic E-state index is 11.5. The van der Waals surface area contributed by atoms with Crippen molar-refractivity contribution in [1.82, 2.24) is 0 Å². The summed E-state index contributed by atoms with van der Waals surface area (Å²) >= 11 is 3.14. The van der Waals surface area contributed by atoms with Gasteiger partial charge in [-0.1, -0.05) is 6.92 Å². The van der Waals surface area contributed by atoms with Crippen molar-refractivity contribution in [2.45, 2.75) is 13.3 Å². The number of hydrogen-bond donors (Lipinski definition) is 0. The van der Waals surface area contributed by atoms with Crippen LogP contribution in [-0.4, -0.2) is 17.8 Å². The van der Waals surface area contributed by atoms with Crippen LogP contribution in [0.5, 0.6) is 0 Å². The van der Waals surface area contributed by atoms with E-state index in [-0.39, 0.29) is 5.78 Å². The molecule has 3 heteroatoms. The zero-order valence-corrected chi connectivity index (χ0v) is 8.93. The fourth-order valence-corrected chi connectivity index (χ4v) is 2.49. The van der Waals surface area contributed by atoms with Gasteiger partial charge in [0.1, 0.15) is 0 Å². The SMILES string of the molecule is CCc1ccsc1C(=O)CSC. The van der Waals surface area contributed by atoms with Crippen molar-refractivity contribution in [3.63, 3.8) is 0 Å². The van der Waals surface area contributed by atoms with Crippen molar-refractivity contribution in [3.05, 3.63) is 21.9 Å². The number of Topliss-reactive ketones (excluding diaryl/α,β-unsaturated/α-hetero) is 1. The van der Waals surface area contributed by atoms with E-state index in [1.807, 2.05) is 17.7 Å². The molecular weight excluding hydrogens is 188 g/mol. The van der Waals surface area contributed by atoms with Gasteiger partial charge in [0.2, 0.25) is 0 Å². The van der Waals surface area contributed by atoms with E-state index in [4.69, 9.17) is 0 Å². The van der Waals surface area contributed by atoms with E-state index in [0.29, 0.717) is 5.75 Å². The predicted octanol–water partition coefficient (Wildman–Crippen LogP) is 2.86. The number of carbonyl (C=O) groups is 1. The van der Waals surface area contributed by atoms with E-state index >= 15 is 0 Å². The zero-order valence-electron chi connectivity index (χ0n) is 7.29. The van der Waals surface area contributed by atoms with Crippen molar-refractivity contribution < 1.29 is 4.79 Å². The Bertz CT molecular complexity index is 265. The topological polar surface area (TPSA) is 17.1 Å². The number of thiophene rings is 1. The second-order valence-electron chi connectivity index (χ2n) is 2.48. The largest absolute Gasteiger partial charge is 0.292 e. The van der Waals surface area contributed by atoms with E-state index in [1.54, 1.807) is 23.1 Å². The summed E-state index contributed by atoms with van der Waals surface area (Å²) in [6.45, 7) is 2.08. The molecule has 0 unspecified atom stereocenters. The Labute approximate surface area is 81.2 Å². The molecule has 1 rings (SSSR count). The van der Waals surface area contributed by atoms with E-state index in [2.05, 4.69) is 6.92 Å². The minimum absolute atomic E-state index is 0.273. The van der Waals surface area contributed by atoms with Crippen LogP contribution in [0.25, 0.3) is 0 Å². The Morgan fingerprint density at radius 2 is 2.42 bits per heavy atom. The van der Waals surface area contributed by atoms with Gasteiger partial charge in [0.15, 0.2) is 5.78 Å². The number of rotatable bonds is 4. The Morgan fingerprint density at radius 1 is 1.67 bits per heavy atom. The second kappa shape index (κ2) is 4.67. The Kier molecular flexibility index (Phi) is 3.82. The Hall–Kier alpha value is -0.280. The molecule has 0 saturated carbocycles. The van der Waals surface area contributed by atoms with Crippen molar-refractivity contribution in [3.8, 4) is 0 Å². The summed E-state index contributed by atoms with van der Waals surface area (Å²) in [5.74, 6) is 0.877. The molecule has 0 N–H and O–H groups in total. The van der Waals surface area contributed by atoms with Crippen LogP contribution in [0.1, 0.15) is 22.2 Å². The van der Waals surface area contributed by atoms with Crippen molar-refractivity contribution in [2.75, 3.05) is 12.0 Å². The van der Waals surface area contributed by atoms with Crippen LogP contribution < -0.4 is 0 Å². The molecule has 0 bridgehead atoms. The number of hydrogen-bond acceptors (Lipinski definition) is 3. The molecule has 1 nitrogen and oxygen atoms in total. The van der Waals surface area contributed by atoms with Gasteiger partial charge in [0.25, 0.3) is 0 Å². The lowest BCUT2D eigenvalue weighted by molar-refractivity contribution is 0.102. The van der Waals surface area contributed by atoms with Crippen LogP contribution in [0.15, 0.2) is 11.4 Å². The first-order valence-electron chi connectivity index (χ1n) is 3.88. The third-order valence-electron chi connectivity index (χ3n) is 1.66. The van der Waals surface area contributed by atoms with Gasteiger partial charge in [0, 0.05) is 0 Å². The zero-order chi connectivity index (χ0) is 8.97. The molecule has 12 heavy (non-hydrogen) atoms. The molecule has 0 aromatic carbocycles. The molecule has 0 fully saturated rings. The minimum Gasteiger partial charge on any atom is -0.292 e. The molecule has 0 saturated heterocycles. The van der Waals surface area contributed by atoms with Gasteiger partial charge in [0.05, 0.1) is 10.6 Å². The minimum atomic E-state index is 0.273. The fourth-order valence-electron chi connectivity index (χ4n) is 1.06. The van der Waals surface area contributed by atoms with Gasteiger partial charge in [-0.25, -0.2) is 0 Å². The van der Waals surface area contributed by atoms with Crippen LogP contribution in [0.2, 0.25) is 0 Å². The molecule has 1 aromatic heterocycles. The molecule has 0 aliphatic carbocycles. The van der Waals surface area contributed by atoms with Gasteiger partial charge in [-0.2, -0.15) is 11.8 Å². The maximum atomic E-state index is 11.5. The quantitative estimate of drug-likeness (QED) is 0.695. The van der Waals surface area contributed by atoms with E-state index < -0.39 is 0 Å². The highest BCUT2D eigenvalue weighted by molar-refractivity contribution is 7.99. The van der Waals surface area contributed by atoms with E-state index in [0.717, 1.165) is 11.3 Å². The normalized spacial score (nSPS) is 10.2. The first kappa shape index (κ1) is 9.81. The molecule has 0 atom stereocenters. The summed E-state index contributed by atoms with van der Waals surface area (Å²) in [7, 11) is 0. The highest BCUT2D eigenvalue weighted by Gasteiger charge is 2.10. The number of aryl methyl sites for hydroxylation is 1.